The van der Waals surface area contributed by atoms with Crippen LogP contribution < -0.4 is 10.5 Å². The van der Waals surface area contributed by atoms with Gasteiger partial charge in [0.25, 0.3) is 0 Å². The smallest absolute Gasteiger partial charge is 0.240 e. The molecule has 0 amide bonds. The number of hydrogen-bond acceptors (Lipinski definition) is 3. The Kier molecular flexibility index (Phi) is 2.90. The maximum absolute atomic E-state index is 11.4. The second-order valence-electron chi connectivity index (χ2n) is 4.31. The zero-order valence-corrected chi connectivity index (χ0v) is 10.00. The average molecular weight is 240 g/mol. The molecule has 3 N–H and O–H groups in total. The molecule has 1 aromatic rings. The normalized spacial score (nSPS) is 18.1. The Balaban J connectivity index is 2.26. The van der Waals surface area contributed by atoms with Crippen molar-refractivity contribution in [1.29, 1.82) is 0 Å². The maximum Gasteiger partial charge on any atom is 0.240 e. The number of rotatable bonds is 4. The number of anilines is 1. The summed E-state index contributed by atoms with van der Waals surface area (Å²) in [4.78, 5) is 0.169. The van der Waals surface area contributed by atoms with Gasteiger partial charge < -0.3 is 5.32 Å². The van der Waals surface area contributed by atoms with Crippen molar-refractivity contribution in [3.05, 3.63) is 24.3 Å². The summed E-state index contributed by atoms with van der Waals surface area (Å²) in [6.07, 6.45) is 2.43. The molecule has 1 fully saturated rings. The lowest BCUT2D eigenvalue weighted by Crippen LogP contribution is -2.21. The molecule has 1 unspecified atom stereocenters. The van der Waals surface area contributed by atoms with Crippen LogP contribution >= 0.6 is 0 Å². The Morgan fingerprint density at radius 2 is 2.00 bits per heavy atom. The van der Waals surface area contributed by atoms with Gasteiger partial charge in [0.15, 0.2) is 0 Å². The minimum absolute atomic E-state index is 0.169. The molecule has 16 heavy (non-hydrogen) atoms. The van der Waals surface area contributed by atoms with Crippen molar-refractivity contribution in [2.75, 3.05) is 5.32 Å². The van der Waals surface area contributed by atoms with Crippen molar-refractivity contribution in [1.82, 2.24) is 0 Å². The molecule has 2 rings (SSSR count). The van der Waals surface area contributed by atoms with Gasteiger partial charge in [-0.2, -0.15) is 0 Å². The van der Waals surface area contributed by atoms with Crippen molar-refractivity contribution < 1.29 is 8.42 Å². The molecule has 4 nitrogen and oxygen atoms in total. The molecule has 5 heteroatoms. The van der Waals surface area contributed by atoms with E-state index in [4.69, 9.17) is 5.14 Å². The van der Waals surface area contributed by atoms with Crippen LogP contribution in [0.15, 0.2) is 29.2 Å². The number of primary sulfonamides is 1. The van der Waals surface area contributed by atoms with Crippen molar-refractivity contribution >= 4 is 15.7 Å². The summed E-state index contributed by atoms with van der Waals surface area (Å²) < 4.78 is 22.7. The van der Waals surface area contributed by atoms with E-state index in [-0.39, 0.29) is 4.90 Å². The predicted molar refractivity (Wildman–Crippen MR) is 63.6 cm³/mol. The third-order valence-corrected chi connectivity index (χ3v) is 3.87. The number of sulfonamides is 1. The van der Waals surface area contributed by atoms with Crippen LogP contribution in [-0.4, -0.2) is 14.5 Å². The van der Waals surface area contributed by atoms with Crippen LogP contribution in [0.5, 0.6) is 0 Å². The quantitative estimate of drug-likeness (QED) is 0.838. The molecule has 1 aliphatic rings. The van der Waals surface area contributed by atoms with Crippen molar-refractivity contribution in [2.45, 2.75) is 30.7 Å². The summed E-state index contributed by atoms with van der Waals surface area (Å²) >= 11 is 0. The first kappa shape index (κ1) is 11.4. The average Bonchev–Trinajstić information content (AvgIpc) is 2.99. The highest BCUT2D eigenvalue weighted by molar-refractivity contribution is 7.89. The van der Waals surface area contributed by atoms with Crippen molar-refractivity contribution in [2.24, 2.45) is 11.1 Å². The molecular weight excluding hydrogens is 224 g/mol. The topological polar surface area (TPSA) is 72.2 Å². The van der Waals surface area contributed by atoms with Crippen molar-refractivity contribution in [3.8, 4) is 0 Å². The predicted octanol–water partition coefficient (Wildman–Crippen LogP) is 1.54. The number of hydrogen-bond donors (Lipinski definition) is 2. The van der Waals surface area contributed by atoms with Gasteiger partial charge in [0.05, 0.1) is 5.69 Å². The molecule has 1 aliphatic carbocycles. The maximum atomic E-state index is 11.4. The van der Waals surface area contributed by atoms with E-state index in [2.05, 4.69) is 12.2 Å². The number of nitrogens with one attached hydrogen (secondary N) is 1. The SMILES string of the molecule is CC(Nc1ccccc1S(N)(=O)=O)C1CC1. The van der Waals surface area contributed by atoms with Gasteiger partial charge in [-0.15, -0.1) is 0 Å². The molecule has 1 atom stereocenters. The van der Waals surface area contributed by atoms with Gasteiger partial charge >= 0.3 is 0 Å². The lowest BCUT2D eigenvalue weighted by Gasteiger charge is -2.16. The molecule has 1 aromatic carbocycles. The molecular formula is C11H16N2O2S. The first-order valence-corrected chi connectivity index (χ1v) is 6.91. The summed E-state index contributed by atoms with van der Waals surface area (Å²) in [7, 11) is -3.65. The van der Waals surface area contributed by atoms with Gasteiger partial charge in [-0.05, 0) is 37.8 Å². The van der Waals surface area contributed by atoms with Crippen molar-refractivity contribution in [3.63, 3.8) is 0 Å². The highest BCUT2D eigenvalue weighted by Crippen LogP contribution is 2.34. The summed E-state index contributed by atoms with van der Waals surface area (Å²) in [6, 6.07) is 7.04. The van der Waals surface area contributed by atoms with Crippen LogP contribution in [0.1, 0.15) is 19.8 Å². The molecule has 0 spiro atoms. The van der Waals surface area contributed by atoms with Crippen LogP contribution in [0.2, 0.25) is 0 Å². The second-order valence-corrected chi connectivity index (χ2v) is 5.84. The zero-order chi connectivity index (χ0) is 11.8. The fourth-order valence-electron chi connectivity index (χ4n) is 1.79. The Labute approximate surface area is 95.9 Å². The van der Waals surface area contributed by atoms with Gasteiger partial charge in [-0.3, -0.25) is 0 Å². The van der Waals surface area contributed by atoms with E-state index in [9.17, 15) is 8.42 Å². The van der Waals surface area contributed by atoms with Crippen LogP contribution in [-0.2, 0) is 10.0 Å². The van der Waals surface area contributed by atoms with E-state index in [0.717, 1.165) is 0 Å². The molecule has 88 valence electrons. The Morgan fingerprint density at radius 3 is 2.56 bits per heavy atom. The molecule has 0 bridgehead atoms. The first-order chi connectivity index (χ1) is 7.48. The standard InChI is InChI=1S/C11H16N2O2S/c1-8(9-6-7-9)13-10-4-2-3-5-11(10)16(12,14)15/h2-5,8-9,13H,6-7H2,1H3,(H2,12,14,15). The summed E-state index contributed by atoms with van der Waals surface area (Å²) in [5.74, 6) is 0.661. The molecule has 1 saturated carbocycles. The van der Waals surface area contributed by atoms with Crippen LogP contribution in [0.25, 0.3) is 0 Å². The van der Waals surface area contributed by atoms with Gasteiger partial charge in [-0.1, -0.05) is 12.1 Å². The molecule has 0 aliphatic heterocycles. The molecule has 0 radical (unpaired) electrons. The lowest BCUT2D eigenvalue weighted by molar-refractivity contribution is 0.597. The minimum atomic E-state index is -3.65. The fraction of sp³-hybridized carbons (Fsp3) is 0.455. The summed E-state index contributed by atoms with van der Waals surface area (Å²) in [6.45, 7) is 2.07. The highest BCUT2D eigenvalue weighted by Gasteiger charge is 2.28. The lowest BCUT2D eigenvalue weighted by atomic mass is 10.2. The van der Waals surface area contributed by atoms with E-state index < -0.39 is 10.0 Å². The van der Waals surface area contributed by atoms with Gasteiger partial charge in [0.2, 0.25) is 10.0 Å². The monoisotopic (exact) mass is 240 g/mol. The molecule has 0 saturated heterocycles. The minimum Gasteiger partial charge on any atom is -0.381 e. The van der Waals surface area contributed by atoms with Crippen LogP contribution in [0, 0.1) is 5.92 Å². The molecule has 0 aromatic heterocycles. The van der Waals surface area contributed by atoms with Gasteiger partial charge in [0.1, 0.15) is 4.90 Å². The Hall–Kier alpha value is -1.07. The Morgan fingerprint density at radius 1 is 1.38 bits per heavy atom. The van der Waals surface area contributed by atoms with E-state index in [1.54, 1.807) is 18.2 Å². The summed E-state index contributed by atoms with van der Waals surface area (Å²) in [5, 5.41) is 8.38. The second kappa shape index (κ2) is 4.07. The van der Waals surface area contributed by atoms with Gasteiger partial charge in [0, 0.05) is 6.04 Å². The number of benzene rings is 1. The fourth-order valence-corrected chi connectivity index (χ4v) is 2.50. The van der Waals surface area contributed by atoms with Gasteiger partial charge in [-0.25, -0.2) is 13.6 Å². The van der Waals surface area contributed by atoms with Crippen LogP contribution in [0.3, 0.4) is 0 Å². The van der Waals surface area contributed by atoms with E-state index in [1.165, 1.54) is 18.9 Å². The van der Waals surface area contributed by atoms with E-state index >= 15 is 0 Å². The third kappa shape index (κ3) is 2.54. The first-order valence-electron chi connectivity index (χ1n) is 5.37. The number of para-hydroxylation sites is 1. The molecule has 0 heterocycles. The van der Waals surface area contributed by atoms with E-state index in [0.29, 0.717) is 17.6 Å². The van der Waals surface area contributed by atoms with Crippen LogP contribution in [0.4, 0.5) is 5.69 Å². The third-order valence-electron chi connectivity index (χ3n) is 2.91. The summed E-state index contributed by atoms with van der Waals surface area (Å²) in [5.41, 5.74) is 0.601. The zero-order valence-electron chi connectivity index (χ0n) is 9.18. The van der Waals surface area contributed by atoms with E-state index in [1.807, 2.05) is 0 Å². The Bertz CT molecular complexity index is 481. The largest absolute Gasteiger partial charge is 0.381 e. The highest BCUT2D eigenvalue weighted by atomic mass is 32.2. The number of nitrogens with two attached hydrogens (primary N) is 1.